The minimum absolute atomic E-state index is 0.0717. The second kappa shape index (κ2) is 5.66. The third-order valence-electron chi connectivity index (χ3n) is 2.21. The van der Waals surface area contributed by atoms with E-state index < -0.39 is 0 Å². The van der Waals surface area contributed by atoms with Gasteiger partial charge in [0, 0.05) is 29.8 Å². The number of nitrogens with zero attached hydrogens (tertiary/aromatic N) is 1. The lowest BCUT2D eigenvalue weighted by Crippen LogP contribution is -2.10. The molecule has 0 fully saturated rings. The van der Waals surface area contributed by atoms with Gasteiger partial charge in [-0.1, -0.05) is 22.0 Å². The molecule has 2 nitrogen and oxygen atoms in total. The summed E-state index contributed by atoms with van der Waals surface area (Å²) in [5, 5.41) is 0.657. The Labute approximate surface area is 107 Å². The number of aldehydes is 1. The van der Waals surface area contributed by atoms with Crippen molar-refractivity contribution in [1.82, 2.24) is 0 Å². The Morgan fingerprint density at radius 3 is 2.53 bits per heavy atom. The van der Waals surface area contributed by atoms with Crippen LogP contribution in [0.2, 0.25) is 0 Å². The number of benzene rings is 1. The molecule has 0 spiro atoms. The van der Waals surface area contributed by atoms with Crippen LogP contribution >= 0.6 is 31.9 Å². The van der Waals surface area contributed by atoms with Crippen LogP contribution in [-0.2, 0) is 4.79 Å². The number of anilines is 1. The van der Waals surface area contributed by atoms with E-state index in [-0.39, 0.29) is 5.92 Å². The highest BCUT2D eigenvalue weighted by Gasteiger charge is 2.11. The maximum absolute atomic E-state index is 10.8. The molecule has 15 heavy (non-hydrogen) atoms. The van der Waals surface area contributed by atoms with E-state index in [9.17, 15) is 4.79 Å². The molecule has 0 saturated heterocycles. The second-order valence-electron chi connectivity index (χ2n) is 3.50. The van der Waals surface area contributed by atoms with Crippen molar-refractivity contribution in [2.45, 2.75) is 5.92 Å². The first-order valence-corrected chi connectivity index (χ1v) is 6.49. The molecule has 82 valence electrons. The molecule has 0 amide bonds. The Hall–Kier alpha value is -0.350. The van der Waals surface area contributed by atoms with Gasteiger partial charge >= 0.3 is 0 Å². The Kier molecular flexibility index (Phi) is 4.80. The van der Waals surface area contributed by atoms with Crippen LogP contribution in [-0.4, -0.2) is 25.7 Å². The summed E-state index contributed by atoms with van der Waals surface area (Å²) in [5.41, 5.74) is 2.14. The molecule has 0 aliphatic heterocycles. The Bertz CT molecular complexity index is 352. The maximum atomic E-state index is 10.8. The average Bonchev–Trinajstić information content (AvgIpc) is 2.19. The van der Waals surface area contributed by atoms with Crippen molar-refractivity contribution >= 4 is 43.8 Å². The number of alkyl halides is 1. The van der Waals surface area contributed by atoms with Gasteiger partial charge in [0.05, 0.1) is 5.69 Å². The van der Waals surface area contributed by atoms with E-state index in [0.717, 1.165) is 22.0 Å². The third-order valence-corrected chi connectivity index (χ3v) is 3.54. The summed E-state index contributed by atoms with van der Waals surface area (Å²) in [5.74, 6) is -0.0717. The van der Waals surface area contributed by atoms with E-state index in [1.807, 2.05) is 37.2 Å². The summed E-state index contributed by atoms with van der Waals surface area (Å²) < 4.78 is 1.01. The molecular formula is C11H13Br2NO. The summed E-state index contributed by atoms with van der Waals surface area (Å²) in [6, 6.07) is 5.99. The van der Waals surface area contributed by atoms with Crippen molar-refractivity contribution in [3.05, 3.63) is 28.2 Å². The zero-order valence-corrected chi connectivity index (χ0v) is 11.9. The number of carbonyl (C=O) groups is 1. The Morgan fingerprint density at radius 2 is 2.13 bits per heavy atom. The first-order valence-electron chi connectivity index (χ1n) is 4.58. The lowest BCUT2D eigenvalue weighted by atomic mass is 10.0. The largest absolute Gasteiger partial charge is 0.377 e. The molecule has 1 atom stereocenters. The van der Waals surface area contributed by atoms with Crippen LogP contribution in [0.1, 0.15) is 11.5 Å². The van der Waals surface area contributed by atoms with Crippen LogP contribution in [0.15, 0.2) is 22.7 Å². The molecule has 1 aromatic carbocycles. The molecule has 0 aromatic heterocycles. The van der Waals surface area contributed by atoms with Crippen LogP contribution in [0, 0.1) is 0 Å². The molecule has 0 aliphatic rings. The van der Waals surface area contributed by atoms with Crippen molar-refractivity contribution < 1.29 is 4.79 Å². The monoisotopic (exact) mass is 333 g/mol. The maximum Gasteiger partial charge on any atom is 0.128 e. The molecule has 0 saturated carbocycles. The summed E-state index contributed by atoms with van der Waals surface area (Å²) in [6.07, 6.45) is 0.964. The van der Waals surface area contributed by atoms with E-state index in [1.165, 1.54) is 0 Å². The van der Waals surface area contributed by atoms with Crippen molar-refractivity contribution in [2.24, 2.45) is 0 Å². The predicted octanol–water partition coefficient (Wildman–Crippen LogP) is 3.19. The van der Waals surface area contributed by atoms with E-state index in [0.29, 0.717) is 5.33 Å². The number of carbonyl (C=O) groups excluding carboxylic acids is 1. The standard InChI is InChI=1S/C11H13Br2NO/c1-14(2)11-4-3-8(5-10(11)13)9(6-12)7-15/h3-5,7,9H,6H2,1-2H3. The fraction of sp³-hybridized carbons (Fsp3) is 0.364. The zero-order chi connectivity index (χ0) is 11.4. The third kappa shape index (κ3) is 3.05. The Balaban J connectivity index is 3.05. The van der Waals surface area contributed by atoms with E-state index in [1.54, 1.807) is 0 Å². The van der Waals surface area contributed by atoms with Gasteiger partial charge in [-0.2, -0.15) is 0 Å². The molecule has 1 rings (SSSR count). The van der Waals surface area contributed by atoms with Crippen LogP contribution < -0.4 is 4.90 Å². The zero-order valence-electron chi connectivity index (χ0n) is 8.71. The van der Waals surface area contributed by atoms with Gasteiger partial charge in [0.2, 0.25) is 0 Å². The molecule has 1 aromatic rings. The van der Waals surface area contributed by atoms with Gasteiger partial charge < -0.3 is 9.69 Å². The lowest BCUT2D eigenvalue weighted by Gasteiger charge is -2.16. The molecular weight excluding hydrogens is 322 g/mol. The SMILES string of the molecule is CN(C)c1ccc(C(C=O)CBr)cc1Br. The van der Waals surface area contributed by atoms with Crippen LogP contribution in [0.25, 0.3) is 0 Å². The lowest BCUT2D eigenvalue weighted by molar-refractivity contribution is -0.108. The summed E-state index contributed by atoms with van der Waals surface area (Å²) >= 11 is 6.83. The first-order chi connectivity index (χ1) is 7.10. The molecule has 0 radical (unpaired) electrons. The van der Waals surface area contributed by atoms with Gasteiger partial charge in [0.15, 0.2) is 0 Å². The quantitative estimate of drug-likeness (QED) is 0.622. The topological polar surface area (TPSA) is 20.3 Å². The molecule has 0 heterocycles. The molecule has 0 aliphatic carbocycles. The minimum Gasteiger partial charge on any atom is -0.377 e. The van der Waals surface area contributed by atoms with E-state index in [2.05, 4.69) is 31.9 Å². The van der Waals surface area contributed by atoms with Crippen LogP contribution in [0.3, 0.4) is 0 Å². The van der Waals surface area contributed by atoms with Crippen molar-refractivity contribution in [3.63, 3.8) is 0 Å². The van der Waals surface area contributed by atoms with Crippen LogP contribution in [0.5, 0.6) is 0 Å². The highest BCUT2D eigenvalue weighted by Crippen LogP contribution is 2.28. The van der Waals surface area contributed by atoms with Gasteiger partial charge in [0.25, 0.3) is 0 Å². The average molecular weight is 335 g/mol. The summed E-state index contributed by atoms with van der Waals surface area (Å²) in [4.78, 5) is 12.8. The highest BCUT2D eigenvalue weighted by atomic mass is 79.9. The molecule has 0 N–H and O–H groups in total. The summed E-state index contributed by atoms with van der Waals surface area (Å²) in [7, 11) is 3.98. The van der Waals surface area contributed by atoms with Crippen molar-refractivity contribution in [3.8, 4) is 0 Å². The minimum atomic E-state index is -0.0717. The molecule has 0 bridgehead atoms. The highest BCUT2D eigenvalue weighted by molar-refractivity contribution is 9.10. The van der Waals surface area contributed by atoms with Gasteiger partial charge in [-0.15, -0.1) is 0 Å². The number of hydrogen-bond donors (Lipinski definition) is 0. The fourth-order valence-corrected chi connectivity index (χ4v) is 2.60. The molecule has 1 unspecified atom stereocenters. The summed E-state index contributed by atoms with van der Waals surface area (Å²) in [6.45, 7) is 0. The predicted molar refractivity (Wildman–Crippen MR) is 71.1 cm³/mol. The fourth-order valence-electron chi connectivity index (χ4n) is 1.32. The van der Waals surface area contributed by atoms with Gasteiger partial charge in [-0.25, -0.2) is 0 Å². The smallest absolute Gasteiger partial charge is 0.128 e. The second-order valence-corrected chi connectivity index (χ2v) is 5.00. The van der Waals surface area contributed by atoms with E-state index >= 15 is 0 Å². The first kappa shape index (κ1) is 12.7. The van der Waals surface area contributed by atoms with Crippen molar-refractivity contribution in [1.29, 1.82) is 0 Å². The van der Waals surface area contributed by atoms with E-state index in [4.69, 9.17) is 0 Å². The van der Waals surface area contributed by atoms with Gasteiger partial charge in [0.1, 0.15) is 6.29 Å². The molecule has 4 heteroatoms. The van der Waals surface area contributed by atoms with Gasteiger partial charge in [-0.05, 0) is 33.6 Å². The normalized spacial score (nSPS) is 12.3. The Morgan fingerprint density at radius 1 is 1.47 bits per heavy atom. The number of halogens is 2. The van der Waals surface area contributed by atoms with Gasteiger partial charge in [-0.3, -0.25) is 0 Å². The van der Waals surface area contributed by atoms with Crippen molar-refractivity contribution in [2.75, 3.05) is 24.3 Å². The number of rotatable bonds is 4. The van der Waals surface area contributed by atoms with Crippen LogP contribution in [0.4, 0.5) is 5.69 Å². The number of hydrogen-bond acceptors (Lipinski definition) is 2.